The topological polar surface area (TPSA) is 35.0 Å². The van der Waals surface area contributed by atoms with E-state index in [-0.39, 0.29) is 0 Å². The Kier molecular flexibility index (Phi) is 7.39. The predicted octanol–water partition coefficient (Wildman–Crippen LogP) is 15.1. The Morgan fingerprint density at radius 2 is 1.05 bits per heavy atom. The molecule has 1 spiro atoms. The van der Waals surface area contributed by atoms with Crippen LogP contribution < -0.4 is 4.74 Å². The zero-order valence-electron chi connectivity index (χ0n) is 32.8. The summed E-state index contributed by atoms with van der Waals surface area (Å²) < 4.78 is 8.93. The van der Waals surface area contributed by atoms with Crippen molar-refractivity contribution in [3.63, 3.8) is 0 Å². The predicted molar refractivity (Wildman–Crippen MR) is 252 cm³/mol. The Labute approximate surface area is 356 Å². The monoisotopic (exact) mass is 794 g/mol. The van der Waals surface area contributed by atoms with Crippen molar-refractivity contribution in [3.8, 4) is 67.5 Å². The van der Waals surface area contributed by atoms with Crippen molar-refractivity contribution in [2.75, 3.05) is 0 Å². The van der Waals surface area contributed by atoms with Crippen LogP contribution in [0, 0.1) is 0 Å². The molecule has 3 heterocycles. The van der Waals surface area contributed by atoms with Crippen LogP contribution >= 0.6 is 11.3 Å². The van der Waals surface area contributed by atoms with E-state index in [0.29, 0.717) is 0 Å². The minimum absolute atomic E-state index is 0.541. The highest BCUT2D eigenvalue weighted by molar-refractivity contribution is 7.26. The highest BCUT2D eigenvalue weighted by atomic mass is 32.1. The van der Waals surface area contributed by atoms with Crippen molar-refractivity contribution >= 4 is 42.4 Å². The highest BCUT2D eigenvalue weighted by Gasteiger charge is 2.51. The second-order valence-electron chi connectivity index (χ2n) is 16.0. The van der Waals surface area contributed by atoms with Crippen LogP contribution in [0.1, 0.15) is 22.3 Å². The number of ether oxygens (including phenoxy) is 1. The molecule has 0 saturated carbocycles. The average molecular weight is 795 g/mol. The second kappa shape index (κ2) is 13.2. The van der Waals surface area contributed by atoms with Crippen molar-refractivity contribution in [1.29, 1.82) is 0 Å². The number of hydrogen-bond acceptors (Lipinski definition) is 4. The molecule has 9 aromatic carbocycles. The maximum atomic E-state index is 6.64. The van der Waals surface area contributed by atoms with E-state index in [2.05, 4.69) is 206 Å². The number of fused-ring (bicyclic) bond motifs is 14. The van der Waals surface area contributed by atoms with Crippen LogP contribution in [0.25, 0.3) is 87.1 Å². The van der Waals surface area contributed by atoms with E-state index < -0.39 is 5.41 Å². The summed E-state index contributed by atoms with van der Waals surface area (Å²) in [6, 6.07) is 74.2. The number of nitrogens with zero attached hydrogens (tertiary/aromatic N) is 2. The molecule has 2 aromatic heterocycles. The standard InChI is InChI=1S/C57H34N2OS/c1-2-15-35(16-3-1)40-20-6-7-22-42(40)56-58-53(55-54(59-56)43-23-8-13-28-51(43)61-55)39-19-14-18-37(33-39)38-30-31-45-44(34-38)52-41-21-5-4-17-36(41)29-32-48(52)57(45)46-24-9-11-26-49(46)60-50-27-12-10-25-47(50)57/h1-34H. The van der Waals surface area contributed by atoms with E-state index in [4.69, 9.17) is 14.7 Å². The van der Waals surface area contributed by atoms with Crippen LogP contribution in [0.2, 0.25) is 0 Å². The van der Waals surface area contributed by atoms with E-state index in [1.54, 1.807) is 11.3 Å². The van der Waals surface area contributed by atoms with Crippen LogP contribution in [0.5, 0.6) is 11.5 Å². The third kappa shape index (κ3) is 4.97. The van der Waals surface area contributed by atoms with Gasteiger partial charge in [0.2, 0.25) is 0 Å². The fourth-order valence-electron chi connectivity index (χ4n) is 10.2. The molecular formula is C57H34N2OS. The van der Waals surface area contributed by atoms with Gasteiger partial charge in [-0.1, -0.05) is 176 Å². The highest BCUT2D eigenvalue weighted by Crippen LogP contribution is 2.63. The number of benzene rings is 9. The van der Waals surface area contributed by atoms with Gasteiger partial charge in [0.15, 0.2) is 5.82 Å². The third-order valence-corrected chi connectivity index (χ3v) is 13.9. The lowest BCUT2D eigenvalue weighted by Crippen LogP contribution is -2.32. The molecule has 2 aliphatic rings. The van der Waals surface area contributed by atoms with Crippen molar-refractivity contribution in [3.05, 3.63) is 229 Å². The summed E-state index contributed by atoms with van der Waals surface area (Å²) in [5.74, 6) is 2.51. The summed E-state index contributed by atoms with van der Waals surface area (Å²) in [6.07, 6.45) is 0. The molecule has 1 aliphatic carbocycles. The lowest BCUT2D eigenvalue weighted by molar-refractivity contribution is 0.436. The van der Waals surface area contributed by atoms with Gasteiger partial charge in [-0.2, -0.15) is 0 Å². The van der Waals surface area contributed by atoms with E-state index >= 15 is 0 Å². The Morgan fingerprint density at radius 3 is 1.89 bits per heavy atom. The van der Waals surface area contributed by atoms with Gasteiger partial charge >= 0.3 is 0 Å². The molecule has 0 saturated heterocycles. The zero-order valence-corrected chi connectivity index (χ0v) is 33.7. The summed E-state index contributed by atoms with van der Waals surface area (Å²) in [5.41, 5.74) is 15.4. The van der Waals surface area contributed by atoms with Crippen LogP contribution in [-0.4, -0.2) is 9.97 Å². The lowest BCUT2D eigenvalue weighted by atomic mass is 9.66. The van der Waals surface area contributed by atoms with Gasteiger partial charge in [0.1, 0.15) is 11.5 Å². The van der Waals surface area contributed by atoms with Crippen LogP contribution in [0.4, 0.5) is 0 Å². The molecule has 0 bridgehead atoms. The van der Waals surface area contributed by atoms with Crippen molar-refractivity contribution < 1.29 is 4.74 Å². The lowest BCUT2D eigenvalue weighted by Gasteiger charge is -2.39. The molecule has 4 heteroatoms. The van der Waals surface area contributed by atoms with Gasteiger partial charge in [-0.3, -0.25) is 0 Å². The number of aromatic nitrogens is 2. The van der Waals surface area contributed by atoms with Gasteiger partial charge in [-0.25, -0.2) is 9.97 Å². The quantitative estimate of drug-likeness (QED) is 0.178. The second-order valence-corrected chi connectivity index (χ2v) is 17.0. The molecule has 0 radical (unpaired) electrons. The third-order valence-electron chi connectivity index (χ3n) is 12.8. The molecule has 0 fully saturated rings. The van der Waals surface area contributed by atoms with Gasteiger partial charge in [0.05, 0.1) is 21.3 Å². The number of thiophene rings is 1. The summed E-state index contributed by atoms with van der Waals surface area (Å²) in [4.78, 5) is 10.8. The fraction of sp³-hybridized carbons (Fsp3) is 0.0175. The maximum absolute atomic E-state index is 6.64. The Balaban J connectivity index is 1.03. The minimum Gasteiger partial charge on any atom is -0.457 e. The smallest absolute Gasteiger partial charge is 0.161 e. The Bertz CT molecular complexity index is 3540. The first-order valence-corrected chi connectivity index (χ1v) is 21.5. The van der Waals surface area contributed by atoms with E-state index in [1.807, 2.05) is 0 Å². The molecule has 3 nitrogen and oxygen atoms in total. The molecule has 0 amide bonds. The van der Waals surface area contributed by atoms with Crippen molar-refractivity contribution in [2.45, 2.75) is 5.41 Å². The van der Waals surface area contributed by atoms with Gasteiger partial charge in [0, 0.05) is 32.3 Å². The van der Waals surface area contributed by atoms with E-state index in [0.717, 1.165) is 72.0 Å². The summed E-state index contributed by atoms with van der Waals surface area (Å²) >= 11 is 1.76. The SMILES string of the molecule is c1ccc(-c2ccccc2-c2nc(-c3cccc(-c4ccc5c(c4)-c4c(ccc6ccccc46)C54c5ccccc5Oc5ccccc54)c3)c3sc4ccccc4c3n2)cc1. The van der Waals surface area contributed by atoms with Crippen LogP contribution in [0.15, 0.2) is 206 Å². The molecule has 0 N–H and O–H groups in total. The Morgan fingerprint density at radius 1 is 0.410 bits per heavy atom. The first kappa shape index (κ1) is 34.2. The molecule has 1 aliphatic heterocycles. The van der Waals surface area contributed by atoms with Gasteiger partial charge in [-0.05, 0) is 85.6 Å². The van der Waals surface area contributed by atoms with Crippen molar-refractivity contribution in [2.24, 2.45) is 0 Å². The zero-order chi connectivity index (χ0) is 40.1. The molecule has 61 heavy (non-hydrogen) atoms. The summed E-state index contributed by atoms with van der Waals surface area (Å²) in [5, 5.41) is 3.63. The van der Waals surface area contributed by atoms with E-state index in [9.17, 15) is 0 Å². The molecule has 284 valence electrons. The van der Waals surface area contributed by atoms with Gasteiger partial charge in [-0.15, -0.1) is 11.3 Å². The molecular weight excluding hydrogens is 761 g/mol. The van der Waals surface area contributed by atoms with E-state index in [1.165, 1.54) is 48.9 Å². The summed E-state index contributed by atoms with van der Waals surface area (Å²) in [6.45, 7) is 0. The normalized spacial score (nSPS) is 13.2. The van der Waals surface area contributed by atoms with Gasteiger partial charge in [0.25, 0.3) is 0 Å². The molecule has 0 atom stereocenters. The molecule has 0 unspecified atom stereocenters. The van der Waals surface area contributed by atoms with Crippen molar-refractivity contribution in [1.82, 2.24) is 9.97 Å². The molecule has 13 rings (SSSR count). The van der Waals surface area contributed by atoms with Gasteiger partial charge < -0.3 is 4.74 Å². The average Bonchev–Trinajstić information content (AvgIpc) is 3.85. The summed E-state index contributed by atoms with van der Waals surface area (Å²) in [7, 11) is 0. The largest absolute Gasteiger partial charge is 0.457 e. The molecule has 11 aromatic rings. The Hall–Kier alpha value is -7.66. The number of para-hydroxylation sites is 2. The number of hydrogen-bond donors (Lipinski definition) is 0. The fourth-order valence-corrected chi connectivity index (χ4v) is 11.3. The number of rotatable bonds is 4. The van der Waals surface area contributed by atoms with Crippen LogP contribution in [0.3, 0.4) is 0 Å². The minimum atomic E-state index is -0.541. The van der Waals surface area contributed by atoms with Crippen LogP contribution in [-0.2, 0) is 5.41 Å². The first-order chi connectivity index (χ1) is 30.2. The first-order valence-electron chi connectivity index (χ1n) is 20.7. The maximum Gasteiger partial charge on any atom is 0.161 e.